The zero-order chi connectivity index (χ0) is 13.8. The van der Waals surface area contributed by atoms with Gasteiger partial charge in [0.1, 0.15) is 12.0 Å². The second-order valence-electron chi connectivity index (χ2n) is 3.88. The van der Waals surface area contributed by atoms with E-state index >= 15 is 0 Å². The van der Waals surface area contributed by atoms with Crippen molar-refractivity contribution in [3.63, 3.8) is 0 Å². The molecule has 0 fully saturated rings. The minimum atomic E-state index is -1.04. The topological polar surface area (TPSA) is 92.4 Å². The van der Waals surface area contributed by atoms with E-state index in [4.69, 9.17) is 9.52 Å². The number of furan rings is 1. The fourth-order valence-electron chi connectivity index (χ4n) is 1.47. The summed E-state index contributed by atoms with van der Waals surface area (Å²) in [5.41, 5.74) is 0.514. The monoisotopic (exact) mass is 280 g/mol. The van der Waals surface area contributed by atoms with E-state index in [0.29, 0.717) is 29.3 Å². The van der Waals surface area contributed by atoms with Crippen molar-refractivity contribution in [3.8, 4) is 0 Å². The third kappa shape index (κ3) is 3.41. The summed E-state index contributed by atoms with van der Waals surface area (Å²) in [5, 5.41) is 13.6. The van der Waals surface area contributed by atoms with Crippen LogP contribution in [0.25, 0.3) is 0 Å². The smallest absolute Gasteiger partial charge is 0.355 e. The number of nitrogens with zero attached hydrogens (tertiary/aromatic N) is 1. The van der Waals surface area contributed by atoms with Crippen molar-refractivity contribution in [2.45, 2.75) is 13.3 Å². The Kier molecular flexibility index (Phi) is 3.96. The lowest BCUT2D eigenvalue weighted by atomic mass is 10.3. The number of hydrogen-bond acceptors (Lipinski definition) is 5. The molecule has 0 saturated heterocycles. The molecule has 0 bridgehead atoms. The lowest BCUT2D eigenvalue weighted by Gasteiger charge is -2.00. The van der Waals surface area contributed by atoms with Gasteiger partial charge in [-0.2, -0.15) is 0 Å². The first-order chi connectivity index (χ1) is 9.06. The van der Waals surface area contributed by atoms with Gasteiger partial charge in [0.2, 0.25) is 0 Å². The molecule has 2 aromatic rings. The molecule has 1 amide bonds. The highest BCUT2D eigenvalue weighted by atomic mass is 32.1. The number of carbonyl (C=O) groups excluding carboxylic acids is 1. The second kappa shape index (κ2) is 5.66. The Balaban J connectivity index is 1.83. The van der Waals surface area contributed by atoms with Crippen LogP contribution in [0.1, 0.15) is 31.6 Å². The summed E-state index contributed by atoms with van der Waals surface area (Å²) >= 11 is 1.27. The number of hydrogen-bond donors (Lipinski definition) is 2. The molecule has 100 valence electrons. The van der Waals surface area contributed by atoms with Gasteiger partial charge in [-0.05, 0) is 13.0 Å². The SMILES string of the molecule is Cc1cc(C(=O)NCCc2nc(C(=O)O)cs2)co1. The molecule has 0 atom stereocenters. The molecule has 19 heavy (non-hydrogen) atoms. The average molecular weight is 280 g/mol. The number of rotatable bonds is 5. The number of carboxylic acid groups (broad SMARTS) is 1. The molecule has 0 aromatic carbocycles. The summed E-state index contributed by atoms with van der Waals surface area (Å²) < 4.78 is 5.04. The molecular formula is C12H12N2O4S. The summed E-state index contributed by atoms with van der Waals surface area (Å²) in [6.45, 7) is 2.16. The van der Waals surface area contributed by atoms with Crippen molar-refractivity contribution in [2.24, 2.45) is 0 Å². The van der Waals surface area contributed by atoms with Crippen molar-refractivity contribution in [1.29, 1.82) is 0 Å². The quantitative estimate of drug-likeness (QED) is 0.869. The normalized spacial score (nSPS) is 10.4. The van der Waals surface area contributed by atoms with Gasteiger partial charge < -0.3 is 14.8 Å². The van der Waals surface area contributed by atoms with Gasteiger partial charge >= 0.3 is 5.97 Å². The molecule has 0 aliphatic rings. The first kappa shape index (κ1) is 13.3. The third-order valence-corrected chi connectivity index (χ3v) is 3.30. The maximum atomic E-state index is 11.7. The number of carboxylic acids is 1. The Bertz CT molecular complexity index is 602. The van der Waals surface area contributed by atoms with E-state index in [9.17, 15) is 9.59 Å². The maximum absolute atomic E-state index is 11.7. The Morgan fingerprint density at radius 2 is 2.32 bits per heavy atom. The lowest BCUT2D eigenvalue weighted by Crippen LogP contribution is -2.25. The van der Waals surface area contributed by atoms with E-state index in [0.717, 1.165) is 0 Å². The fraction of sp³-hybridized carbons (Fsp3) is 0.250. The Morgan fingerprint density at radius 1 is 1.53 bits per heavy atom. The highest BCUT2D eigenvalue weighted by Crippen LogP contribution is 2.10. The van der Waals surface area contributed by atoms with Crippen LogP contribution in [0.4, 0.5) is 0 Å². The fourth-order valence-corrected chi connectivity index (χ4v) is 2.24. The number of aromatic nitrogens is 1. The van der Waals surface area contributed by atoms with Crippen molar-refractivity contribution < 1.29 is 19.1 Å². The van der Waals surface area contributed by atoms with E-state index in [1.165, 1.54) is 23.0 Å². The van der Waals surface area contributed by atoms with Crippen LogP contribution in [0, 0.1) is 6.92 Å². The molecule has 2 aromatic heterocycles. The van der Waals surface area contributed by atoms with Crippen molar-refractivity contribution in [3.05, 3.63) is 39.7 Å². The minimum Gasteiger partial charge on any atom is -0.476 e. The minimum absolute atomic E-state index is 0.0387. The molecule has 6 nitrogen and oxygen atoms in total. The summed E-state index contributed by atoms with van der Waals surface area (Å²) in [6.07, 6.45) is 1.90. The molecule has 0 aliphatic heterocycles. The van der Waals surface area contributed by atoms with Crippen LogP contribution in [0.15, 0.2) is 22.1 Å². The lowest BCUT2D eigenvalue weighted by molar-refractivity contribution is 0.0690. The predicted molar refractivity (Wildman–Crippen MR) is 68.6 cm³/mol. The Labute approximate surface area is 113 Å². The van der Waals surface area contributed by atoms with Crippen molar-refractivity contribution in [1.82, 2.24) is 10.3 Å². The van der Waals surface area contributed by atoms with Crippen LogP contribution >= 0.6 is 11.3 Å². The maximum Gasteiger partial charge on any atom is 0.355 e. The first-order valence-corrected chi connectivity index (χ1v) is 6.45. The molecular weight excluding hydrogens is 268 g/mol. The van der Waals surface area contributed by atoms with E-state index in [-0.39, 0.29) is 11.6 Å². The van der Waals surface area contributed by atoms with Gasteiger partial charge in [-0.1, -0.05) is 0 Å². The van der Waals surface area contributed by atoms with E-state index in [1.54, 1.807) is 13.0 Å². The summed E-state index contributed by atoms with van der Waals surface area (Å²) in [4.78, 5) is 26.3. The largest absolute Gasteiger partial charge is 0.476 e. The van der Waals surface area contributed by atoms with Crippen LogP contribution in [0.2, 0.25) is 0 Å². The van der Waals surface area contributed by atoms with Crippen LogP contribution < -0.4 is 5.32 Å². The molecule has 0 unspecified atom stereocenters. The van der Waals surface area contributed by atoms with Gasteiger partial charge in [0.15, 0.2) is 5.69 Å². The molecule has 2 heterocycles. The van der Waals surface area contributed by atoms with Gasteiger partial charge in [0.05, 0.1) is 10.6 Å². The third-order valence-electron chi connectivity index (χ3n) is 2.39. The summed E-state index contributed by atoms with van der Waals surface area (Å²) in [5.74, 6) is -0.580. The molecule has 2 rings (SSSR count). The van der Waals surface area contributed by atoms with Crippen molar-refractivity contribution in [2.75, 3.05) is 6.54 Å². The highest BCUT2D eigenvalue weighted by molar-refractivity contribution is 7.09. The second-order valence-corrected chi connectivity index (χ2v) is 4.83. The Morgan fingerprint density at radius 3 is 2.89 bits per heavy atom. The molecule has 0 saturated carbocycles. The molecule has 0 radical (unpaired) electrons. The van der Waals surface area contributed by atoms with Gasteiger partial charge in [-0.3, -0.25) is 4.79 Å². The van der Waals surface area contributed by atoms with Gasteiger partial charge in [-0.25, -0.2) is 9.78 Å². The number of aryl methyl sites for hydroxylation is 1. The highest BCUT2D eigenvalue weighted by Gasteiger charge is 2.10. The predicted octanol–water partition coefficient (Wildman–Crippen LogP) is 1.72. The average Bonchev–Trinajstić information content (AvgIpc) is 2.98. The molecule has 0 aliphatic carbocycles. The number of thiazole rings is 1. The van der Waals surface area contributed by atoms with E-state index in [1.807, 2.05) is 0 Å². The zero-order valence-corrected chi connectivity index (χ0v) is 11.0. The number of aromatic carboxylic acids is 1. The van der Waals surface area contributed by atoms with Crippen molar-refractivity contribution >= 4 is 23.2 Å². The zero-order valence-electron chi connectivity index (χ0n) is 10.2. The summed E-state index contributed by atoms with van der Waals surface area (Å²) in [6, 6.07) is 1.65. The molecule has 0 spiro atoms. The summed E-state index contributed by atoms with van der Waals surface area (Å²) in [7, 11) is 0. The van der Waals surface area contributed by atoms with Gasteiger partial charge in [0, 0.05) is 18.3 Å². The number of nitrogens with one attached hydrogen (secondary N) is 1. The standard InChI is InChI=1S/C12H12N2O4S/c1-7-4-8(5-18-7)11(15)13-3-2-10-14-9(6-19-10)12(16)17/h4-6H,2-3H2,1H3,(H,13,15)(H,16,17). The van der Waals surface area contributed by atoms with E-state index in [2.05, 4.69) is 10.3 Å². The van der Waals surface area contributed by atoms with Crippen LogP contribution in [0.5, 0.6) is 0 Å². The van der Waals surface area contributed by atoms with Gasteiger partial charge in [-0.15, -0.1) is 11.3 Å². The van der Waals surface area contributed by atoms with Crippen LogP contribution in [-0.4, -0.2) is 28.5 Å². The molecule has 2 N–H and O–H groups in total. The van der Waals surface area contributed by atoms with Crippen LogP contribution in [-0.2, 0) is 6.42 Å². The van der Waals surface area contributed by atoms with E-state index < -0.39 is 5.97 Å². The van der Waals surface area contributed by atoms with Gasteiger partial charge in [0.25, 0.3) is 5.91 Å². The first-order valence-electron chi connectivity index (χ1n) is 5.57. The number of amides is 1. The molecule has 7 heteroatoms. The van der Waals surface area contributed by atoms with Crippen LogP contribution in [0.3, 0.4) is 0 Å². The number of carbonyl (C=O) groups is 2. The Hall–Kier alpha value is -2.15.